The van der Waals surface area contributed by atoms with E-state index < -0.39 is 74.8 Å². The summed E-state index contributed by atoms with van der Waals surface area (Å²) in [5.74, 6) is -0.736. The van der Waals surface area contributed by atoms with Gasteiger partial charge in [0.1, 0.15) is 35.9 Å². The lowest BCUT2D eigenvalue weighted by Crippen LogP contribution is -2.48. The molecule has 51 heavy (non-hydrogen) atoms. The Labute approximate surface area is 301 Å². The number of Topliss-reactive ketones (excluding diaryl/α,β-unsaturated/α-hetero) is 1. The minimum atomic E-state index is -4.63. The van der Waals surface area contributed by atoms with Gasteiger partial charge < -0.3 is 29.1 Å². The molecule has 0 aliphatic carbocycles. The van der Waals surface area contributed by atoms with Gasteiger partial charge in [0.25, 0.3) is 0 Å². The highest BCUT2D eigenvalue weighted by molar-refractivity contribution is 7.52. The van der Waals surface area contributed by atoms with Gasteiger partial charge in [-0.15, -0.1) is 11.6 Å². The topological polar surface area (TPSA) is 187 Å². The Kier molecular flexibility index (Phi) is 13.6. The summed E-state index contributed by atoms with van der Waals surface area (Å²) >= 11 is 6.38. The number of hydrogen-bond donors (Lipinski definition) is 3. The molecule has 15 nitrogen and oxygen atoms in total. The third-order valence-corrected chi connectivity index (χ3v) is 10.1. The van der Waals surface area contributed by atoms with Crippen molar-refractivity contribution in [2.75, 3.05) is 38.1 Å². The van der Waals surface area contributed by atoms with E-state index in [1.807, 2.05) is 13.8 Å². The highest BCUT2D eigenvalue weighted by atomic mass is 35.5. The van der Waals surface area contributed by atoms with Gasteiger partial charge in [-0.1, -0.05) is 32.0 Å². The van der Waals surface area contributed by atoms with Crippen molar-refractivity contribution in [2.24, 2.45) is 5.92 Å². The first-order valence-corrected chi connectivity index (χ1v) is 18.7. The first-order chi connectivity index (χ1) is 24.0. The Morgan fingerprint density at radius 2 is 1.92 bits per heavy atom. The van der Waals surface area contributed by atoms with E-state index in [1.54, 1.807) is 58.0 Å². The van der Waals surface area contributed by atoms with Crippen LogP contribution in [0.25, 0.3) is 11.2 Å². The molecule has 0 bridgehead atoms. The zero-order chi connectivity index (χ0) is 37.7. The molecule has 0 saturated carbocycles. The minimum Gasteiger partial charge on any atom is -0.462 e. The molecule has 1 aliphatic heterocycles. The Hall–Kier alpha value is -3.24. The van der Waals surface area contributed by atoms with Gasteiger partial charge in [-0.05, 0) is 51.2 Å². The third kappa shape index (κ3) is 9.60. The summed E-state index contributed by atoms with van der Waals surface area (Å²) < 4.78 is 55.7. The maximum absolute atomic E-state index is 16.1. The zero-order valence-corrected chi connectivity index (χ0v) is 31.4. The number of para-hydroxylation sites is 1. The fraction of sp³-hybridized carbons (Fsp3) is 0.606. The van der Waals surface area contributed by atoms with Crippen LogP contribution in [-0.2, 0) is 34.6 Å². The quantitative estimate of drug-likeness (QED) is 0.0958. The lowest BCUT2D eigenvalue weighted by Gasteiger charge is -2.32. The number of nitrogens with one attached hydrogen (secondary N) is 1. The van der Waals surface area contributed by atoms with Crippen molar-refractivity contribution >= 4 is 48.1 Å². The van der Waals surface area contributed by atoms with Crippen LogP contribution >= 0.6 is 19.3 Å². The molecular formula is C33H47ClFN6O9P. The Morgan fingerprint density at radius 1 is 1.22 bits per heavy atom. The molecular weight excluding hydrogens is 710 g/mol. The maximum Gasteiger partial charge on any atom is 0.459 e. The monoisotopic (exact) mass is 756 g/mol. The number of ketones is 1. The SMILES string of the molecule is Cc1nc(N(C)C)c2ncn([C@@H]3O[C@](CCl)(COP(=O)(N[C@@H](CC(C)C)C(=O)OC(C)C)Oc4ccccc4CCC(=O)CO)[C@@H](O)[C@@H]3F)c2n1. The van der Waals surface area contributed by atoms with Crippen LogP contribution in [0.4, 0.5) is 10.2 Å². The van der Waals surface area contributed by atoms with Crippen molar-refractivity contribution in [1.82, 2.24) is 24.6 Å². The summed E-state index contributed by atoms with van der Waals surface area (Å²) in [5.41, 5.74) is -0.871. The number of aromatic nitrogens is 4. The van der Waals surface area contributed by atoms with Gasteiger partial charge in [0.15, 0.2) is 35.2 Å². The second-order valence-corrected chi connectivity index (χ2v) is 15.3. The van der Waals surface area contributed by atoms with Crippen LogP contribution in [-0.4, -0.2) is 105 Å². The van der Waals surface area contributed by atoms with E-state index in [0.29, 0.717) is 22.7 Å². The number of carbonyl (C=O) groups is 2. The number of aryl methyl sites for hydroxylation is 2. The summed E-state index contributed by atoms with van der Waals surface area (Å²) in [7, 11) is -1.08. The fourth-order valence-corrected chi connectivity index (χ4v) is 7.45. The molecule has 0 radical (unpaired) electrons. The highest BCUT2D eigenvalue weighted by Crippen LogP contribution is 2.50. The summed E-state index contributed by atoms with van der Waals surface area (Å²) in [4.78, 5) is 40.1. The molecule has 3 heterocycles. The number of aliphatic hydroxyl groups is 2. The van der Waals surface area contributed by atoms with E-state index in [0.717, 1.165) is 0 Å². The van der Waals surface area contributed by atoms with Gasteiger partial charge in [0, 0.05) is 20.5 Å². The summed E-state index contributed by atoms with van der Waals surface area (Å²) in [6.45, 7) is 7.35. The van der Waals surface area contributed by atoms with Gasteiger partial charge in [-0.2, -0.15) is 5.09 Å². The smallest absolute Gasteiger partial charge is 0.459 e. The molecule has 1 saturated heterocycles. The molecule has 4 rings (SSSR count). The number of benzene rings is 1. The first kappa shape index (κ1) is 40.5. The lowest BCUT2D eigenvalue weighted by atomic mass is 9.99. The van der Waals surface area contributed by atoms with Crippen molar-refractivity contribution in [3.05, 3.63) is 42.0 Å². The number of imidazole rings is 1. The number of fused-ring (bicyclic) bond motifs is 1. The van der Waals surface area contributed by atoms with Crippen molar-refractivity contribution in [2.45, 2.75) is 90.1 Å². The van der Waals surface area contributed by atoms with E-state index in [1.165, 1.54) is 17.0 Å². The van der Waals surface area contributed by atoms with Crippen LogP contribution in [0, 0.1) is 12.8 Å². The molecule has 18 heteroatoms. The van der Waals surface area contributed by atoms with Crippen molar-refractivity contribution in [3.63, 3.8) is 0 Å². The predicted octanol–water partition coefficient (Wildman–Crippen LogP) is 4.06. The summed E-state index contributed by atoms with van der Waals surface area (Å²) in [6.07, 6.45) is -4.28. The number of hydrogen-bond acceptors (Lipinski definition) is 13. The van der Waals surface area contributed by atoms with Crippen molar-refractivity contribution in [3.8, 4) is 5.75 Å². The number of rotatable bonds is 18. The number of esters is 1. The van der Waals surface area contributed by atoms with Crippen LogP contribution in [0.1, 0.15) is 58.2 Å². The first-order valence-electron chi connectivity index (χ1n) is 16.6. The number of anilines is 1. The van der Waals surface area contributed by atoms with Crippen LogP contribution in [0.2, 0.25) is 0 Å². The van der Waals surface area contributed by atoms with E-state index in [4.69, 9.17) is 30.1 Å². The van der Waals surface area contributed by atoms with Gasteiger partial charge in [0.05, 0.1) is 24.9 Å². The van der Waals surface area contributed by atoms with Crippen LogP contribution < -0.4 is 14.5 Å². The molecule has 1 aromatic carbocycles. The number of carbonyl (C=O) groups excluding carboxylic acids is 2. The zero-order valence-electron chi connectivity index (χ0n) is 29.8. The van der Waals surface area contributed by atoms with Crippen LogP contribution in [0.5, 0.6) is 5.75 Å². The second-order valence-electron chi connectivity index (χ2n) is 13.4. The number of alkyl halides is 2. The van der Waals surface area contributed by atoms with E-state index in [9.17, 15) is 24.4 Å². The average molecular weight is 757 g/mol. The highest BCUT2D eigenvalue weighted by Gasteiger charge is 2.57. The number of ether oxygens (including phenoxy) is 2. The predicted molar refractivity (Wildman–Crippen MR) is 188 cm³/mol. The second kappa shape index (κ2) is 17.1. The van der Waals surface area contributed by atoms with Crippen LogP contribution in [0.3, 0.4) is 0 Å². The van der Waals surface area contributed by atoms with E-state index >= 15 is 4.39 Å². The van der Waals surface area contributed by atoms with Crippen molar-refractivity contribution in [1.29, 1.82) is 0 Å². The fourth-order valence-electron chi connectivity index (χ4n) is 5.55. The maximum atomic E-state index is 16.1. The van der Waals surface area contributed by atoms with Gasteiger partial charge in [-0.3, -0.25) is 18.7 Å². The Bertz CT molecular complexity index is 1730. The molecule has 0 spiro atoms. The molecule has 3 N–H and O–H groups in total. The van der Waals surface area contributed by atoms with Crippen LogP contribution in [0.15, 0.2) is 30.6 Å². The Balaban J connectivity index is 1.70. The molecule has 282 valence electrons. The molecule has 1 fully saturated rings. The van der Waals surface area contributed by atoms with Crippen molar-refractivity contribution < 1.29 is 47.3 Å². The number of aliphatic hydroxyl groups excluding tert-OH is 2. The minimum absolute atomic E-state index is 0.0236. The number of nitrogens with zero attached hydrogens (tertiary/aromatic N) is 5. The molecule has 3 aromatic rings. The lowest BCUT2D eigenvalue weighted by molar-refractivity contribution is -0.150. The standard InChI is InChI=1S/C33H47ClFN6O9P/c1-19(2)14-24(32(45)48-20(3)4)39-51(46,50-25-11-9-8-10-22(25)12-13-23(43)15-42)47-17-33(16-34)28(44)26(35)31(49-33)41-18-36-27-29(40(6)7)37-21(5)38-30(27)41/h8-11,18-20,24,26,28,31,42,44H,12-17H2,1-7H3,(H,39,46)/t24-,26-,28-,31+,33+,51?/m0/s1. The third-order valence-electron chi connectivity index (χ3n) is 8.08. The largest absolute Gasteiger partial charge is 0.462 e. The molecule has 1 unspecified atom stereocenters. The number of halogens is 2. The van der Waals surface area contributed by atoms with E-state index in [2.05, 4.69) is 20.0 Å². The molecule has 1 aliphatic rings. The molecule has 2 aromatic heterocycles. The average Bonchev–Trinajstić information content (AvgIpc) is 3.59. The van der Waals surface area contributed by atoms with Gasteiger partial charge >= 0.3 is 13.7 Å². The Morgan fingerprint density at radius 3 is 2.55 bits per heavy atom. The normalized spacial score (nSPS) is 22.3. The van der Waals surface area contributed by atoms with Gasteiger partial charge in [-0.25, -0.2) is 23.9 Å². The molecule has 0 amide bonds. The van der Waals surface area contributed by atoms with E-state index in [-0.39, 0.29) is 36.6 Å². The van der Waals surface area contributed by atoms with Gasteiger partial charge in [0.2, 0.25) is 0 Å². The molecule has 6 atom stereocenters. The summed E-state index contributed by atoms with van der Waals surface area (Å²) in [6, 6.07) is 5.28. The summed E-state index contributed by atoms with van der Waals surface area (Å²) in [5, 5.41) is 23.2.